The summed E-state index contributed by atoms with van der Waals surface area (Å²) in [6.45, 7) is 1.86. The third-order valence-electron chi connectivity index (χ3n) is 7.30. The molecule has 0 unspecified atom stereocenters. The quantitative estimate of drug-likeness (QED) is 0.694. The van der Waals surface area contributed by atoms with Gasteiger partial charge in [0.05, 0.1) is 6.04 Å². The third-order valence-corrected chi connectivity index (χ3v) is 7.30. The molecule has 4 nitrogen and oxygen atoms in total. The van der Waals surface area contributed by atoms with Gasteiger partial charge in [-0.15, -0.1) is 0 Å². The second kappa shape index (κ2) is 8.57. The second-order valence-electron chi connectivity index (χ2n) is 9.51. The molecule has 4 heteroatoms. The Bertz CT molecular complexity index is 947. The molecule has 1 fully saturated rings. The zero-order chi connectivity index (χ0) is 21.3. The molecule has 1 aliphatic heterocycles. The first-order chi connectivity index (χ1) is 15.1. The van der Waals surface area contributed by atoms with Crippen LogP contribution in [-0.2, 0) is 17.6 Å². The Balaban J connectivity index is 1.32. The normalized spacial score (nSPS) is 22.5. The van der Waals surface area contributed by atoms with Crippen molar-refractivity contribution in [1.82, 2.24) is 5.32 Å². The zero-order valence-electron chi connectivity index (χ0n) is 18.5. The number of fused-ring (bicyclic) bond motifs is 2. The fourth-order valence-electron chi connectivity index (χ4n) is 5.64. The molecule has 164 valence electrons. The molecule has 2 aromatic rings. The SMILES string of the molecule is C[C@@H](Oc1cccc2c1CCCC2)C(=O)N[C@@H]1CC2(CCCCC2)Oc2ccccc21. The summed E-state index contributed by atoms with van der Waals surface area (Å²) in [5.74, 6) is 1.74. The maximum atomic E-state index is 13.2. The number of amides is 1. The van der Waals surface area contributed by atoms with Gasteiger partial charge in [0.15, 0.2) is 6.10 Å². The predicted octanol–water partition coefficient (Wildman–Crippen LogP) is 5.68. The van der Waals surface area contributed by atoms with Gasteiger partial charge < -0.3 is 14.8 Å². The molecule has 1 amide bonds. The lowest BCUT2D eigenvalue weighted by molar-refractivity contribution is -0.128. The smallest absolute Gasteiger partial charge is 0.261 e. The highest BCUT2D eigenvalue weighted by Crippen LogP contribution is 2.46. The number of hydrogen-bond donors (Lipinski definition) is 1. The molecule has 0 radical (unpaired) electrons. The molecule has 1 spiro atoms. The molecule has 1 heterocycles. The van der Waals surface area contributed by atoms with Gasteiger partial charge in [0.2, 0.25) is 0 Å². The van der Waals surface area contributed by atoms with E-state index in [4.69, 9.17) is 9.47 Å². The molecular weight excluding hydrogens is 386 g/mol. The van der Waals surface area contributed by atoms with Crippen molar-refractivity contribution in [3.8, 4) is 11.5 Å². The van der Waals surface area contributed by atoms with E-state index in [1.807, 2.05) is 37.3 Å². The van der Waals surface area contributed by atoms with Crippen LogP contribution in [0.1, 0.15) is 81.0 Å². The molecule has 2 aromatic carbocycles. The van der Waals surface area contributed by atoms with Crippen LogP contribution in [-0.4, -0.2) is 17.6 Å². The molecule has 2 aliphatic carbocycles. The van der Waals surface area contributed by atoms with Gasteiger partial charge in [-0.2, -0.15) is 0 Å². The van der Waals surface area contributed by atoms with Gasteiger partial charge >= 0.3 is 0 Å². The summed E-state index contributed by atoms with van der Waals surface area (Å²) < 4.78 is 12.7. The van der Waals surface area contributed by atoms with Crippen molar-refractivity contribution in [2.75, 3.05) is 0 Å². The van der Waals surface area contributed by atoms with E-state index < -0.39 is 6.10 Å². The molecule has 0 saturated heterocycles. The van der Waals surface area contributed by atoms with E-state index >= 15 is 0 Å². The first-order valence-corrected chi connectivity index (χ1v) is 12.0. The highest BCUT2D eigenvalue weighted by Gasteiger charge is 2.42. The van der Waals surface area contributed by atoms with Crippen LogP contribution in [0, 0.1) is 0 Å². The van der Waals surface area contributed by atoms with Crippen molar-refractivity contribution in [3.63, 3.8) is 0 Å². The van der Waals surface area contributed by atoms with E-state index in [0.29, 0.717) is 0 Å². The number of nitrogens with one attached hydrogen (secondary N) is 1. The summed E-state index contributed by atoms with van der Waals surface area (Å²) >= 11 is 0. The Morgan fingerprint density at radius 3 is 2.71 bits per heavy atom. The van der Waals surface area contributed by atoms with E-state index in [1.165, 1.54) is 43.2 Å². The number of carbonyl (C=O) groups is 1. The monoisotopic (exact) mass is 419 g/mol. The van der Waals surface area contributed by atoms with E-state index in [2.05, 4.69) is 17.4 Å². The van der Waals surface area contributed by atoms with Crippen LogP contribution in [0.4, 0.5) is 0 Å². The second-order valence-corrected chi connectivity index (χ2v) is 9.51. The predicted molar refractivity (Wildman–Crippen MR) is 122 cm³/mol. The lowest BCUT2D eigenvalue weighted by atomic mass is 9.77. The molecule has 31 heavy (non-hydrogen) atoms. The Labute approximate surface area is 185 Å². The van der Waals surface area contributed by atoms with Gasteiger partial charge in [-0.05, 0) is 81.5 Å². The molecule has 0 aromatic heterocycles. The van der Waals surface area contributed by atoms with Gasteiger partial charge in [0.1, 0.15) is 17.1 Å². The van der Waals surface area contributed by atoms with Crippen LogP contribution < -0.4 is 14.8 Å². The summed E-state index contributed by atoms with van der Waals surface area (Å²) in [5.41, 5.74) is 3.59. The molecule has 5 rings (SSSR count). The summed E-state index contributed by atoms with van der Waals surface area (Å²) in [6.07, 6.45) is 10.7. The van der Waals surface area contributed by atoms with Crippen molar-refractivity contribution < 1.29 is 14.3 Å². The van der Waals surface area contributed by atoms with Crippen LogP contribution in [0.3, 0.4) is 0 Å². The molecule has 0 bridgehead atoms. The highest BCUT2D eigenvalue weighted by molar-refractivity contribution is 5.81. The molecular formula is C27H33NO3. The van der Waals surface area contributed by atoms with E-state index in [9.17, 15) is 4.79 Å². The van der Waals surface area contributed by atoms with Crippen molar-refractivity contribution in [2.45, 2.75) is 88.9 Å². The fraction of sp³-hybridized carbons (Fsp3) is 0.519. The van der Waals surface area contributed by atoms with Gasteiger partial charge in [-0.25, -0.2) is 0 Å². The topological polar surface area (TPSA) is 47.6 Å². The number of rotatable bonds is 4. The first kappa shape index (κ1) is 20.4. The highest BCUT2D eigenvalue weighted by atomic mass is 16.5. The van der Waals surface area contributed by atoms with Crippen LogP contribution in [0.2, 0.25) is 0 Å². The standard InChI is InChI=1S/C27H33NO3/c1-19(30-24-15-9-11-20-10-3-4-12-21(20)24)26(29)28-23-18-27(16-7-2-8-17-27)31-25-14-6-5-13-22(23)25/h5-6,9,11,13-15,19,23H,2-4,7-8,10,12,16-18H2,1H3,(H,28,29)/t19-,23-/m1/s1. The average molecular weight is 420 g/mol. The molecule has 3 aliphatic rings. The number of carbonyl (C=O) groups excluding carboxylic acids is 1. The maximum absolute atomic E-state index is 13.2. The maximum Gasteiger partial charge on any atom is 0.261 e. The molecule has 2 atom stereocenters. The summed E-state index contributed by atoms with van der Waals surface area (Å²) in [7, 11) is 0. The Morgan fingerprint density at radius 1 is 1.03 bits per heavy atom. The number of benzene rings is 2. The largest absolute Gasteiger partial charge is 0.487 e. The van der Waals surface area contributed by atoms with Gasteiger partial charge in [0, 0.05) is 12.0 Å². The van der Waals surface area contributed by atoms with E-state index in [1.54, 1.807) is 0 Å². The van der Waals surface area contributed by atoms with Crippen molar-refractivity contribution in [3.05, 3.63) is 59.2 Å². The van der Waals surface area contributed by atoms with E-state index in [-0.39, 0.29) is 17.6 Å². The minimum Gasteiger partial charge on any atom is -0.487 e. The number of hydrogen-bond acceptors (Lipinski definition) is 3. The van der Waals surface area contributed by atoms with Crippen molar-refractivity contribution in [2.24, 2.45) is 0 Å². The minimum atomic E-state index is -0.536. The van der Waals surface area contributed by atoms with Gasteiger partial charge in [-0.1, -0.05) is 36.8 Å². The Hall–Kier alpha value is -2.49. The van der Waals surface area contributed by atoms with Crippen LogP contribution in [0.25, 0.3) is 0 Å². The Kier molecular flexibility index (Phi) is 5.64. The number of aryl methyl sites for hydroxylation is 1. The zero-order valence-corrected chi connectivity index (χ0v) is 18.5. The summed E-state index contributed by atoms with van der Waals surface area (Å²) in [6, 6.07) is 14.4. The van der Waals surface area contributed by atoms with Gasteiger partial charge in [0.25, 0.3) is 5.91 Å². The van der Waals surface area contributed by atoms with Crippen LogP contribution in [0.5, 0.6) is 11.5 Å². The summed E-state index contributed by atoms with van der Waals surface area (Å²) in [5, 5.41) is 3.30. The van der Waals surface area contributed by atoms with Crippen molar-refractivity contribution >= 4 is 5.91 Å². The third kappa shape index (κ3) is 4.17. The van der Waals surface area contributed by atoms with Crippen LogP contribution in [0.15, 0.2) is 42.5 Å². The lowest BCUT2D eigenvalue weighted by Gasteiger charge is -2.44. The van der Waals surface area contributed by atoms with Crippen LogP contribution >= 0.6 is 0 Å². The minimum absolute atomic E-state index is 0.0358. The summed E-state index contributed by atoms with van der Waals surface area (Å²) in [4.78, 5) is 13.2. The Morgan fingerprint density at radius 2 is 1.84 bits per heavy atom. The lowest BCUT2D eigenvalue weighted by Crippen LogP contribution is -2.48. The average Bonchev–Trinajstić information content (AvgIpc) is 2.80. The fourth-order valence-corrected chi connectivity index (χ4v) is 5.64. The number of ether oxygens (including phenoxy) is 2. The number of para-hydroxylation sites is 1. The van der Waals surface area contributed by atoms with E-state index in [0.717, 1.165) is 49.2 Å². The molecule has 1 N–H and O–H groups in total. The first-order valence-electron chi connectivity index (χ1n) is 12.0. The van der Waals surface area contributed by atoms with Crippen molar-refractivity contribution in [1.29, 1.82) is 0 Å². The van der Waals surface area contributed by atoms with Gasteiger partial charge in [-0.3, -0.25) is 4.79 Å². The molecule has 1 saturated carbocycles.